The number of carbonyl (C=O) groups is 1. The molecule has 0 amide bonds. The van der Waals surface area contributed by atoms with E-state index < -0.39 is 5.97 Å². The Hall–Kier alpha value is -3.35. The van der Waals surface area contributed by atoms with Gasteiger partial charge in [-0.05, 0) is 59.7 Å². The third-order valence-corrected chi connectivity index (χ3v) is 8.47. The number of nitrogens with zero attached hydrogens (tertiary/aromatic N) is 3. The molecule has 4 aromatic rings. The van der Waals surface area contributed by atoms with Gasteiger partial charge in [0, 0.05) is 43.8 Å². The summed E-state index contributed by atoms with van der Waals surface area (Å²) in [6.07, 6.45) is 6.81. The first kappa shape index (κ1) is 28.7. The van der Waals surface area contributed by atoms with Gasteiger partial charge in [-0.25, -0.2) is 9.78 Å². The normalized spacial score (nSPS) is 13.5. The van der Waals surface area contributed by atoms with Crippen molar-refractivity contribution in [1.29, 1.82) is 0 Å². The van der Waals surface area contributed by atoms with E-state index in [0.717, 1.165) is 34.4 Å². The third kappa shape index (κ3) is 7.20. The number of hydrogen-bond acceptors (Lipinski definition) is 5. The van der Waals surface area contributed by atoms with E-state index in [1.165, 1.54) is 48.9 Å². The number of aromatic carboxylic acids is 1. The largest absolute Gasteiger partial charge is 0.478 e. The predicted molar refractivity (Wildman–Crippen MR) is 165 cm³/mol. The number of halogens is 1. The molecule has 0 aliphatic heterocycles. The highest BCUT2D eigenvalue weighted by atomic mass is 35.5. The first-order valence-electron chi connectivity index (χ1n) is 13.4. The van der Waals surface area contributed by atoms with Crippen LogP contribution in [0, 0.1) is 0 Å². The Morgan fingerprint density at radius 3 is 2.05 bits per heavy atom. The molecular formula is C32H36ClN3O2S. The average Bonchev–Trinajstić information content (AvgIpc) is 3.45. The topological polar surface area (TPSA) is 56.7 Å². The fourth-order valence-electron chi connectivity index (χ4n) is 5.25. The molecule has 0 radical (unpaired) electrons. The Morgan fingerprint density at radius 1 is 0.846 bits per heavy atom. The molecule has 1 aromatic heterocycles. The van der Waals surface area contributed by atoms with Crippen LogP contribution in [0.5, 0.6) is 0 Å². The summed E-state index contributed by atoms with van der Waals surface area (Å²) in [6.45, 7) is 1.54. The maximum Gasteiger partial charge on any atom is 0.335 e. The number of anilines is 2. The van der Waals surface area contributed by atoms with Gasteiger partial charge in [-0.2, -0.15) is 0 Å². The van der Waals surface area contributed by atoms with Crippen LogP contribution in [-0.2, 0) is 13.1 Å². The molecule has 1 N–H and O–H groups in total. The lowest BCUT2D eigenvalue weighted by Gasteiger charge is -2.23. The first-order valence-corrected chi connectivity index (χ1v) is 14.2. The molecule has 1 fully saturated rings. The van der Waals surface area contributed by atoms with Crippen LogP contribution in [-0.4, -0.2) is 30.2 Å². The second-order valence-electron chi connectivity index (χ2n) is 10.4. The Bertz CT molecular complexity index is 1350. The molecule has 1 heterocycles. The van der Waals surface area contributed by atoms with Crippen LogP contribution in [0.25, 0.3) is 11.3 Å². The summed E-state index contributed by atoms with van der Waals surface area (Å²) in [7, 11) is 4.15. The van der Waals surface area contributed by atoms with Crippen molar-refractivity contribution in [2.24, 2.45) is 0 Å². The van der Waals surface area contributed by atoms with E-state index in [1.54, 1.807) is 23.5 Å². The first-order chi connectivity index (χ1) is 18.5. The Morgan fingerprint density at radius 2 is 1.44 bits per heavy atom. The fourth-order valence-corrected chi connectivity index (χ4v) is 6.05. The van der Waals surface area contributed by atoms with Crippen molar-refractivity contribution >= 4 is 40.5 Å². The van der Waals surface area contributed by atoms with Crippen LogP contribution >= 0.6 is 23.7 Å². The molecule has 5 nitrogen and oxygen atoms in total. The highest BCUT2D eigenvalue weighted by molar-refractivity contribution is 7.14. The van der Waals surface area contributed by atoms with Gasteiger partial charge in [0.05, 0.1) is 11.3 Å². The highest BCUT2D eigenvalue weighted by Gasteiger charge is 2.15. The minimum absolute atomic E-state index is 0. The smallest absolute Gasteiger partial charge is 0.335 e. The molecule has 0 bridgehead atoms. The van der Waals surface area contributed by atoms with Crippen LogP contribution in [0.3, 0.4) is 0 Å². The number of rotatable bonds is 9. The zero-order valence-corrected chi connectivity index (χ0v) is 24.2. The summed E-state index contributed by atoms with van der Waals surface area (Å²) in [5, 5.41) is 12.1. The van der Waals surface area contributed by atoms with Crippen LogP contribution < -0.4 is 9.80 Å². The third-order valence-electron chi connectivity index (χ3n) is 7.52. The van der Waals surface area contributed by atoms with Crippen LogP contribution in [0.1, 0.15) is 65.1 Å². The zero-order chi connectivity index (χ0) is 26.5. The lowest BCUT2D eigenvalue weighted by Crippen LogP contribution is -2.16. The van der Waals surface area contributed by atoms with E-state index in [4.69, 9.17) is 10.1 Å². The number of hydrogen-bond donors (Lipinski definition) is 1. The molecule has 0 saturated heterocycles. The van der Waals surface area contributed by atoms with Crippen molar-refractivity contribution in [3.63, 3.8) is 0 Å². The molecular weight excluding hydrogens is 526 g/mol. The van der Waals surface area contributed by atoms with Gasteiger partial charge in [0.25, 0.3) is 0 Å². The number of carboxylic acid groups (broad SMARTS) is 1. The monoisotopic (exact) mass is 561 g/mol. The second-order valence-corrected chi connectivity index (χ2v) is 11.2. The Labute approximate surface area is 241 Å². The summed E-state index contributed by atoms with van der Waals surface area (Å²) in [5.41, 5.74) is 7.43. The summed E-state index contributed by atoms with van der Waals surface area (Å²) < 4.78 is 0. The van der Waals surface area contributed by atoms with Gasteiger partial charge in [-0.3, -0.25) is 0 Å². The minimum Gasteiger partial charge on any atom is -0.478 e. The minimum atomic E-state index is -0.907. The summed E-state index contributed by atoms with van der Waals surface area (Å²) in [5.74, 6) is -0.158. The molecule has 5 rings (SSSR count). The van der Waals surface area contributed by atoms with Crippen molar-refractivity contribution in [3.05, 3.63) is 100 Å². The van der Waals surface area contributed by atoms with Gasteiger partial charge >= 0.3 is 5.97 Å². The number of thiazole rings is 1. The van der Waals surface area contributed by atoms with E-state index in [0.29, 0.717) is 12.1 Å². The van der Waals surface area contributed by atoms with E-state index in [-0.39, 0.29) is 12.4 Å². The van der Waals surface area contributed by atoms with Crippen molar-refractivity contribution < 1.29 is 9.90 Å². The maximum absolute atomic E-state index is 11.1. The molecule has 7 heteroatoms. The molecule has 204 valence electrons. The Balaban J connectivity index is 0.00000353. The molecule has 0 atom stereocenters. The van der Waals surface area contributed by atoms with Gasteiger partial charge in [0.15, 0.2) is 5.13 Å². The molecule has 1 aliphatic rings. The van der Waals surface area contributed by atoms with Gasteiger partial charge in [-0.1, -0.05) is 67.8 Å². The molecule has 0 unspecified atom stereocenters. The summed E-state index contributed by atoms with van der Waals surface area (Å²) in [4.78, 5) is 20.3. The van der Waals surface area contributed by atoms with Gasteiger partial charge in [0.2, 0.25) is 0 Å². The van der Waals surface area contributed by atoms with E-state index in [9.17, 15) is 4.79 Å². The standard InChI is InChI=1S/C32H35N3O2S.ClH/c1-34(20-23-8-12-26(13-9-23)25-6-4-3-5-7-25)29-18-16-27(17-19-29)30-22-38-32(33-30)35(2)21-24-10-14-28(15-11-24)31(36)37;/h8-19,22,25H,3-7,20-21H2,1-2H3,(H,36,37);1H. The van der Waals surface area contributed by atoms with Gasteiger partial charge < -0.3 is 14.9 Å². The van der Waals surface area contributed by atoms with Crippen molar-refractivity contribution in [1.82, 2.24) is 4.98 Å². The molecule has 0 spiro atoms. The SMILES string of the molecule is CN(Cc1ccc(C2CCCCC2)cc1)c1ccc(-c2csc(N(C)Cc3ccc(C(=O)O)cc3)n2)cc1.Cl. The maximum atomic E-state index is 11.1. The van der Waals surface area contributed by atoms with Crippen LogP contribution in [0.2, 0.25) is 0 Å². The fraction of sp³-hybridized carbons (Fsp3) is 0.312. The van der Waals surface area contributed by atoms with Gasteiger partial charge in [0.1, 0.15) is 0 Å². The molecule has 3 aromatic carbocycles. The average molecular weight is 562 g/mol. The predicted octanol–water partition coefficient (Wildman–Crippen LogP) is 8.25. The van der Waals surface area contributed by atoms with Gasteiger partial charge in [-0.15, -0.1) is 23.7 Å². The van der Waals surface area contributed by atoms with Crippen LogP contribution in [0.15, 0.2) is 78.2 Å². The lowest BCUT2D eigenvalue weighted by molar-refractivity contribution is 0.0697. The lowest BCUT2D eigenvalue weighted by atomic mass is 9.84. The zero-order valence-electron chi connectivity index (χ0n) is 22.5. The van der Waals surface area contributed by atoms with E-state index >= 15 is 0 Å². The molecule has 1 saturated carbocycles. The Kier molecular flexibility index (Phi) is 9.65. The van der Waals surface area contributed by atoms with E-state index in [1.807, 2.05) is 19.2 Å². The second kappa shape index (κ2) is 13.1. The van der Waals surface area contributed by atoms with Crippen molar-refractivity contribution in [2.45, 2.75) is 51.1 Å². The summed E-state index contributed by atoms with van der Waals surface area (Å²) >= 11 is 1.61. The van der Waals surface area contributed by atoms with Crippen LogP contribution in [0.4, 0.5) is 10.8 Å². The number of aromatic nitrogens is 1. The summed E-state index contributed by atoms with van der Waals surface area (Å²) in [6, 6.07) is 24.9. The highest BCUT2D eigenvalue weighted by Crippen LogP contribution is 2.33. The molecule has 1 aliphatic carbocycles. The van der Waals surface area contributed by atoms with Crippen molar-refractivity contribution in [3.8, 4) is 11.3 Å². The van der Waals surface area contributed by atoms with Crippen molar-refractivity contribution in [2.75, 3.05) is 23.9 Å². The van der Waals surface area contributed by atoms with E-state index in [2.05, 4.69) is 70.8 Å². The molecule has 39 heavy (non-hydrogen) atoms. The quantitative estimate of drug-likeness (QED) is 0.223. The number of carboxylic acids is 1. The number of benzene rings is 3.